The Balaban J connectivity index is 1.76. The van der Waals surface area contributed by atoms with Crippen LogP contribution in [0.3, 0.4) is 0 Å². The number of ether oxygens (including phenoxy) is 1. The second-order valence-electron chi connectivity index (χ2n) is 6.11. The van der Waals surface area contributed by atoms with E-state index in [2.05, 4.69) is 5.32 Å². The normalized spacial score (nSPS) is 14.0. The van der Waals surface area contributed by atoms with Crippen LogP contribution in [0.2, 0.25) is 5.02 Å². The van der Waals surface area contributed by atoms with Crippen LogP contribution in [0, 0.1) is 6.92 Å². The molecular formula is C18H19ClN2O3S. The molecular weight excluding hydrogens is 360 g/mol. The number of nitrogens with one attached hydrogen (secondary N) is 1. The molecule has 2 amide bonds. The molecule has 1 heterocycles. The average molecular weight is 379 g/mol. The van der Waals surface area contributed by atoms with Crippen molar-refractivity contribution >= 4 is 39.8 Å². The van der Waals surface area contributed by atoms with Crippen molar-refractivity contribution in [1.29, 1.82) is 0 Å². The van der Waals surface area contributed by atoms with Crippen LogP contribution in [0.4, 0.5) is 5.00 Å². The zero-order chi connectivity index (χ0) is 18.1. The lowest BCUT2D eigenvalue weighted by atomic mass is 10.1. The third-order valence-electron chi connectivity index (χ3n) is 4.16. The van der Waals surface area contributed by atoms with Crippen LogP contribution in [-0.2, 0) is 17.6 Å². The highest BCUT2D eigenvalue weighted by atomic mass is 35.5. The molecule has 0 saturated heterocycles. The van der Waals surface area contributed by atoms with E-state index >= 15 is 0 Å². The molecule has 1 aromatic carbocycles. The largest absolute Gasteiger partial charge is 0.479 e. The van der Waals surface area contributed by atoms with Crippen molar-refractivity contribution < 1.29 is 14.3 Å². The van der Waals surface area contributed by atoms with Crippen molar-refractivity contribution in [3.05, 3.63) is 44.8 Å². The third kappa shape index (κ3) is 3.65. The van der Waals surface area contributed by atoms with Crippen molar-refractivity contribution in [3.8, 4) is 5.75 Å². The molecule has 1 unspecified atom stereocenters. The van der Waals surface area contributed by atoms with E-state index in [4.69, 9.17) is 22.1 Å². The predicted molar refractivity (Wildman–Crippen MR) is 99.8 cm³/mol. The molecule has 1 aromatic heterocycles. The number of aryl methyl sites for hydroxylation is 2. The lowest BCUT2D eigenvalue weighted by molar-refractivity contribution is -0.122. The summed E-state index contributed by atoms with van der Waals surface area (Å²) in [5.41, 5.74) is 7.91. The minimum Gasteiger partial charge on any atom is -0.479 e. The molecule has 0 fully saturated rings. The summed E-state index contributed by atoms with van der Waals surface area (Å²) in [4.78, 5) is 25.4. The van der Waals surface area contributed by atoms with Crippen LogP contribution in [-0.4, -0.2) is 17.9 Å². The first kappa shape index (κ1) is 17.8. The quantitative estimate of drug-likeness (QED) is 0.832. The average Bonchev–Trinajstić information content (AvgIpc) is 3.10. The van der Waals surface area contributed by atoms with E-state index in [9.17, 15) is 9.59 Å². The van der Waals surface area contributed by atoms with E-state index < -0.39 is 12.0 Å². The van der Waals surface area contributed by atoms with Crippen LogP contribution < -0.4 is 15.8 Å². The lowest BCUT2D eigenvalue weighted by Gasteiger charge is -2.16. The first-order valence-electron chi connectivity index (χ1n) is 8.05. The minimum absolute atomic E-state index is 0.347. The fourth-order valence-electron chi connectivity index (χ4n) is 2.91. The number of hydrogen-bond donors (Lipinski definition) is 2. The van der Waals surface area contributed by atoms with Gasteiger partial charge in [0.1, 0.15) is 10.8 Å². The fraction of sp³-hybridized carbons (Fsp3) is 0.333. The Bertz CT molecular complexity index is 847. The van der Waals surface area contributed by atoms with E-state index in [0.717, 1.165) is 35.3 Å². The maximum Gasteiger partial charge on any atom is 0.265 e. The van der Waals surface area contributed by atoms with Gasteiger partial charge in [0, 0.05) is 4.88 Å². The van der Waals surface area contributed by atoms with Crippen molar-refractivity contribution in [1.82, 2.24) is 0 Å². The van der Waals surface area contributed by atoms with Gasteiger partial charge in [-0.1, -0.05) is 17.7 Å². The number of halogens is 1. The summed E-state index contributed by atoms with van der Waals surface area (Å²) in [6, 6.07) is 5.37. The van der Waals surface area contributed by atoms with Gasteiger partial charge in [0.05, 0.1) is 10.6 Å². The number of carbonyl (C=O) groups is 2. The molecule has 3 rings (SSSR count). The highest BCUT2D eigenvalue weighted by Crippen LogP contribution is 2.39. The first-order chi connectivity index (χ1) is 11.9. The number of benzene rings is 1. The Hall–Kier alpha value is -2.05. The molecule has 1 aliphatic carbocycles. The molecule has 0 aliphatic heterocycles. The van der Waals surface area contributed by atoms with Crippen molar-refractivity contribution in [2.75, 3.05) is 5.32 Å². The molecule has 2 aromatic rings. The van der Waals surface area contributed by atoms with Crippen molar-refractivity contribution in [3.63, 3.8) is 0 Å². The Morgan fingerprint density at radius 2 is 2.12 bits per heavy atom. The van der Waals surface area contributed by atoms with Crippen molar-refractivity contribution in [2.24, 2.45) is 5.73 Å². The van der Waals surface area contributed by atoms with E-state index in [-0.39, 0.29) is 5.91 Å². The molecule has 1 aliphatic rings. The molecule has 5 nitrogen and oxygen atoms in total. The van der Waals surface area contributed by atoms with E-state index in [1.165, 1.54) is 11.3 Å². The Kier molecular flexibility index (Phi) is 5.01. The minimum atomic E-state index is -0.767. The van der Waals surface area contributed by atoms with Crippen molar-refractivity contribution in [2.45, 2.75) is 39.2 Å². The number of thiophene rings is 1. The van der Waals surface area contributed by atoms with Gasteiger partial charge in [-0.3, -0.25) is 9.59 Å². The van der Waals surface area contributed by atoms with Gasteiger partial charge in [-0.15, -0.1) is 11.3 Å². The van der Waals surface area contributed by atoms with E-state index in [1.54, 1.807) is 19.1 Å². The first-order valence-corrected chi connectivity index (χ1v) is 9.24. The number of hydrogen-bond acceptors (Lipinski definition) is 4. The molecule has 3 N–H and O–H groups in total. The second-order valence-corrected chi connectivity index (χ2v) is 7.62. The standard InChI is InChI=1S/C18H19ClN2O3S/c1-9-6-7-12(19)13(8-9)24-10(2)17(23)21-18-15(16(20)22)11-4-3-5-14(11)25-18/h6-8,10H,3-5H2,1-2H3,(H2,20,22)(H,21,23). The van der Waals surface area contributed by atoms with Gasteiger partial charge in [0.2, 0.25) is 0 Å². The number of fused-ring (bicyclic) bond motifs is 1. The molecule has 0 bridgehead atoms. The smallest absolute Gasteiger partial charge is 0.265 e. The fourth-order valence-corrected chi connectivity index (χ4v) is 4.37. The van der Waals surface area contributed by atoms with Crippen LogP contribution in [0.15, 0.2) is 18.2 Å². The summed E-state index contributed by atoms with van der Waals surface area (Å²) in [6.07, 6.45) is 1.99. The van der Waals surface area contributed by atoms with Gasteiger partial charge >= 0.3 is 0 Å². The van der Waals surface area contributed by atoms with Gasteiger partial charge in [0.15, 0.2) is 6.10 Å². The summed E-state index contributed by atoms with van der Waals surface area (Å²) in [5, 5.41) is 3.74. The van der Waals surface area contributed by atoms with Gasteiger partial charge in [-0.05, 0) is 56.4 Å². The maximum atomic E-state index is 12.5. The number of rotatable bonds is 5. The number of carbonyl (C=O) groups excluding carboxylic acids is 2. The molecule has 0 spiro atoms. The van der Waals surface area contributed by atoms with Gasteiger partial charge in [-0.2, -0.15) is 0 Å². The molecule has 1 atom stereocenters. The van der Waals surface area contributed by atoms with Crippen LogP contribution in [0.25, 0.3) is 0 Å². The second kappa shape index (κ2) is 7.06. The molecule has 0 saturated carbocycles. The summed E-state index contributed by atoms with van der Waals surface area (Å²) in [7, 11) is 0. The Morgan fingerprint density at radius 1 is 1.36 bits per heavy atom. The van der Waals surface area contributed by atoms with Crippen LogP contribution in [0.1, 0.15) is 39.7 Å². The maximum absolute atomic E-state index is 12.5. The molecule has 0 radical (unpaired) electrons. The lowest BCUT2D eigenvalue weighted by Crippen LogP contribution is -2.30. The summed E-state index contributed by atoms with van der Waals surface area (Å²) in [5.74, 6) is -0.405. The SMILES string of the molecule is Cc1ccc(Cl)c(OC(C)C(=O)Nc2sc3c(c2C(N)=O)CCC3)c1. The summed E-state index contributed by atoms with van der Waals surface area (Å²) >= 11 is 7.53. The van der Waals surface area contributed by atoms with Gasteiger partial charge < -0.3 is 15.8 Å². The topological polar surface area (TPSA) is 81.4 Å². The number of primary amides is 1. The van der Waals surface area contributed by atoms with E-state index in [0.29, 0.717) is 21.3 Å². The van der Waals surface area contributed by atoms with Gasteiger partial charge in [0.25, 0.3) is 11.8 Å². The summed E-state index contributed by atoms with van der Waals surface area (Å²) < 4.78 is 5.68. The molecule has 7 heteroatoms. The number of anilines is 1. The molecule has 132 valence electrons. The molecule has 25 heavy (non-hydrogen) atoms. The van der Waals surface area contributed by atoms with Gasteiger partial charge in [-0.25, -0.2) is 0 Å². The number of amides is 2. The predicted octanol–water partition coefficient (Wildman–Crippen LogP) is 3.70. The monoisotopic (exact) mass is 378 g/mol. The zero-order valence-corrected chi connectivity index (χ0v) is 15.6. The Labute approximate surface area is 155 Å². The van der Waals surface area contributed by atoms with Crippen LogP contribution >= 0.6 is 22.9 Å². The zero-order valence-electron chi connectivity index (χ0n) is 14.0. The van der Waals surface area contributed by atoms with Crippen LogP contribution in [0.5, 0.6) is 5.75 Å². The Morgan fingerprint density at radius 3 is 2.84 bits per heavy atom. The number of nitrogens with two attached hydrogens (primary N) is 1. The third-order valence-corrected chi connectivity index (χ3v) is 5.68. The summed E-state index contributed by atoms with van der Waals surface area (Å²) in [6.45, 7) is 3.56. The highest BCUT2D eigenvalue weighted by Gasteiger charge is 2.27. The van der Waals surface area contributed by atoms with E-state index in [1.807, 2.05) is 13.0 Å². The highest BCUT2D eigenvalue weighted by molar-refractivity contribution is 7.17.